The lowest BCUT2D eigenvalue weighted by molar-refractivity contribution is -0.126. The highest BCUT2D eigenvalue weighted by molar-refractivity contribution is 7.10. The van der Waals surface area contributed by atoms with Gasteiger partial charge in [-0.1, -0.05) is 62.4 Å². The first kappa shape index (κ1) is 19.4. The van der Waals surface area contributed by atoms with Crippen LogP contribution in [0.5, 0.6) is 0 Å². The van der Waals surface area contributed by atoms with Crippen LogP contribution in [0.3, 0.4) is 0 Å². The van der Waals surface area contributed by atoms with Crippen molar-refractivity contribution in [1.82, 2.24) is 5.32 Å². The van der Waals surface area contributed by atoms with Crippen molar-refractivity contribution in [2.75, 3.05) is 5.32 Å². The molecule has 1 aliphatic rings. The van der Waals surface area contributed by atoms with Gasteiger partial charge in [-0.25, -0.2) is 0 Å². The first-order chi connectivity index (χ1) is 14.0. The van der Waals surface area contributed by atoms with Crippen LogP contribution in [-0.2, 0) is 9.59 Å². The first-order valence-corrected chi connectivity index (χ1v) is 10.7. The Morgan fingerprint density at radius 3 is 2.45 bits per heavy atom. The summed E-state index contributed by atoms with van der Waals surface area (Å²) in [5.74, 6) is -0.287. The number of carbonyl (C=O) groups is 2. The van der Waals surface area contributed by atoms with Gasteiger partial charge in [0.15, 0.2) is 0 Å². The van der Waals surface area contributed by atoms with Crippen LogP contribution in [0.4, 0.5) is 5.69 Å². The minimum atomic E-state index is -0.489. The number of rotatable bonds is 5. The minimum Gasteiger partial charge on any atom is -0.344 e. The SMILES string of the molecule is CC(C)c1ccc([C@@H](NC(=O)[C@@H]2CC(=O)Nc3ccccc32)c2cccs2)cc1. The smallest absolute Gasteiger partial charge is 0.228 e. The number of benzene rings is 2. The van der Waals surface area contributed by atoms with E-state index in [2.05, 4.69) is 48.7 Å². The fourth-order valence-corrected chi connectivity index (χ4v) is 4.54. The van der Waals surface area contributed by atoms with Crippen LogP contribution in [-0.4, -0.2) is 11.8 Å². The maximum absolute atomic E-state index is 13.3. The van der Waals surface area contributed by atoms with Gasteiger partial charge >= 0.3 is 0 Å². The summed E-state index contributed by atoms with van der Waals surface area (Å²) in [6.07, 6.45) is 0.159. The average Bonchev–Trinajstić information content (AvgIpc) is 3.25. The molecule has 2 aromatic carbocycles. The van der Waals surface area contributed by atoms with Gasteiger partial charge in [0.2, 0.25) is 11.8 Å². The van der Waals surface area contributed by atoms with Crippen molar-refractivity contribution >= 4 is 28.8 Å². The van der Waals surface area contributed by atoms with Crippen molar-refractivity contribution in [2.45, 2.75) is 38.1 Å². The zero-order valence-corrected chi connectivity index (χ0v) is 17.3. The van der Waals surface area contributed by atoms with Crippen LogP contribution in [0.1, 0.15) is 59.7 Å². The normalized spacial score (nSPS) is 16.8. The Hall–Kier alpha value is -2.92. The Kier molecular flexibility index (Phi) is 5.49. The molecule has 3 aromatic rings. The van der Waals surface area contributed by atoms with E-state index in [1.165, 1.54) is 5.56 Å². The van der Waals surface area contributed by atoms with Crippen LogP contribution in [0.15, 0.2) is 66.0 Å². The molecule has 2 atom stereocenters. The highest BCUT2D eigenvalue weighted by Gasteiger charge is 2.32. The Balaban J connectivity index is 1.63. The van der Waals surface area contributed by atoms with E-state index in [1.807, 2.05) is 41.8 Å². The average molecular weight is 405 g/mol. The van der Waals surface area contributed by atoms with Gasteiger partial charge in [0, 0.05) is 17.0 Å². The molecule has 0 saturated carbocycles. The molecule has 0 bridgehead atoms. The fourth-order valence-electron chi connectivity index (χ4n) is 3.74. The maximum atomic E-state index is 13.3. The zero-order chi connectivity index (χ0) is 20.4. The Bertz CT molecular complexity index is 1010. The molecule has 1 aliphatic heterocycles. The molecule has 0 unspecified atom stereocenters. The van der Waals surface area contributed by atoms with E-state index in [1.54, 1.807) is 11.3 Å². The first-order valence-electron chi connectivity index (χ1n) is 9.85. The molecule has 0 spiro atoms. The maximum Gasteiger partial charge on any atom is 0.228 e. The van der Waals surface area contributed by atoms with E-state index in [-0.39, 0.29) is 24.3 Å². The summed E-state index contributed by atoms with van der Waals surface area (Å²) >= 11 is 1.62. The van der Waals surface area contributed by atoms with Crippen molar-refractivity contribution in [3.05, 3.63) is 87.6 Å². The third-order valence-electron chi connectivity index (χ3n) is 5.37. The number of thiophene rings is 1. The predicted molar refractivity (Wildman–Crippen MR) is 117 cm³/mol. The molecular weight excluding hydrogens is 380 g/mol. The number of anilines is 1. The highest BCUT2D eigenvalue weighted by atomic mass is 32.1. The molecule has 0 radical (unpaired) electrons. The lowest BCUT2D eigenvalue weighted by Gasteiger charge is -2.27. The van der Waals surface area contributed by atoms with Gasteiger partial charge in [0.05, 0.1) is 12.0 Å². The van der Waals surface area contributed by atoms with Crippen LogP contribution >= 0.6 is 11.3 Å². The number of amides is 2. The number of hydrogen-bond donors (Lipinski definition) is 2. The van der Waals surface area contributed by atoms with Gasteiger partial charge in [-0.3, -0.25) is 9.59 Å². The van der Waals surface area contributed by atoms with Crippen LogP contribution in [0.2, 0.25) is 0 Å². The molecule has 1 aromatic heterocycles. The summed E-state index contributed by atoms with van der Waals surface area (Å²) < 4.78 is 0. The van der Waals surface area contributed by atoms with Crippen molar-refractivity contribution in [3.8, 4) is 0 Å². The summed E-state index contributed by atoms with van der Waals surface area (Å²) in [5, 5.41) is 8.08. The molecule has 4 nitrogen and oxygen atoms in total. The Morgan fingerprint density at radius 2 is 1.76 bits per heavy atom. The van der Waals surface area contributed by atoms with Crippen molar-refractivity contribution in [2.24, 2.45) is 0 Å². The number of hydrogen-bond acceptors (Lipinski definition) is 3. The van der Waals surface area contributed by atoms with E-state index < -0.39 is 5.92 Å². The van der Waals surface area contributed by atoms with E-state index in [0.29, 0.717) is 5.92 Å². The third-order valence-corrected chi connectivity index (χ3v) is 6.30. The molecule has 148 valence electrons. The lowest BCUT2D eigenvalue weighted by atomic mass is 9.89. The van der Waals surface area contributed by atoms with Gasteiger partial charge < -0.3 is 10.6 Å². The molecule has 0 fully saturated rings. The summed E-state index contributed by atoms with van der Waals surface area (Å²) in [5.41, 5.74) is 3.89. The van der Waals surface area contributed by atoms with E-state index >= 15 is 0 Å². The van der Waals surface area contributed by atoms with E-state index in [9.17, 15) is 9.59 Å². The van der Waals surface area contributed by atoms with E-state index in [0.717, 1.165) is 21.7 Å². The molecule has 29 heavy (non-hydrogen) atoms. The standard InChI is InChI=1S/C24H24N2O2S/c1-15(2)16-9-11-17(12-10-16)23(21-8-5-13-29-21)26-24(28)19-14-22(27)25-20-7-4-3-6-18(19)20/h3-13,15,19,23H,14H2,1-2H3,(H,25,27)(H,26,28)/t19-,23-/m1/s1. The minimum absolute atomic E-state index is 0.126. The number of nitrogens with one attached hydrogen (secondary N) is 2. The molecule has 4 rings (SSSR count). The highest BCUT2D eigenvalue weighted by Crippen LogP contribution is 2.34. The molecule has 0 saturated heterocycles. The largest absolute Gasteiger partial charge is 0.344 e. The summed E-state index contributed by atoms with van der Waals surface area (Å²) in [6.45, 7) is 4.33. The van der Waals surface area contributed by atoms with Crippen molar-refractivity contribution in [1.29, 1.82) is 0 Å². The van der Waals surface area contributed by atoms with Gasteiger partial charge in [-0.2, -0.15) is 0 Å². The molecule has 2 amide bonds. The second kappa shape index (κ2) is 8.21. The molecule has 2 N–H and O–H groups in total. The lowest BCUT2D eigenvalue weighted by Crippen LogP contribution is -2.37. The molecule has 0 aliphatic carbocycles. The summed E-state index contributed by atoms with van der Waals surface area (Å²) in [6, 6.07) is 19.7. The van der Waals surface area contributed by atoms with Crippen molar-refractivity contribution < 1.29 is 9.59 Å². The summed E-state index contributed by atoms with van der Waals surface area (Å²) in [4.78, 5) is 26.5. The molecular formula is C24H24N2O2S. The van der Waals surface area contributed by atoms with Gasteiger partial charge in [0.1, 0.15) is 0 Å². The van der Waals surface area contributed by atoms with Crippen LogP contribution < -0.4 is 10.6 Å². The quantitative estimate of drug-likeness (QED) is 0.614. The van der Waals surface area contributed by atoms with Gasteiger partial charge in [-0.15, -0.1) is 11.3 Å². The summed E-state index contributed by atoms with van der Waals surface area (Å²) in [7, 11) is 0. The Labute approximate surface area is 175 Å². The second-order valence-electron chi connectivity index (χ2n) is 7.67. The second-order valence-corrected chi connectivity index (χ2v) is 8.65. The van der Waals surface area contributed by atoms with Gasteiger partial charge in [-0.05, 0) is 40.1 Å². The Morgan fingerprint density at radius 1 is 1.03 bits per heavy atom. The molecule has 2 heterocycles. The number of fused-ring (bicyclic) bond motifs is 1. The third kappa shape index (κ3) is 4.10. The fraction of sp³-hybridized carbons (Fsp3) is 0.250. The van der Waals surface area contributed by atoms with Crippen LogP contribution in [0, 0.1) is 0 Å². The zero-order valence-electron chi connectivity index (χ0n) is 16.5. The predicted octanol–water partition coefficient (Wildman–Crippen LogP) is 5.20. The molecule has 5 heteroatoms. The monoisotopic (exact) mass is 404 g/mol. The van der Waals surface area contributed by atoms with Gasteiger partial charge in [0.25, 0.3) is 0 Å². The topological polar surface area (TPSA) is 58.2 Å². The number of para-hydroxylation sites is 1. The van der Waals surface area contributed by atoms with Crippen molar-refractivity contribution in [3.63, 3.8) is 0 Å². The van der Waals surface area contributed by atoms with Crippen LogP contribution in [0.25, 0.3) is 0 Å². The number of carbonyl (C=O) groups excluding carboxylic acids is 2. The van der Waals surface area contributed by atoms with E-state index in [4.69, 9.17) is 0 Å².